The predicted octanol–water partition coefficient (Wildman–Crippen LogP) is 3.36. The van der Waals surface area contributed by atoms with Crippen LogP contribution in [0.1, 0.15) is 34.1 Å². The van der Waals surface area contributed by atoms with E-state index >= 15 is 0 Å². The van der Waals surface area contributed by atoms with Crippen molar-refractivity contribution in [3.05, 3.63) is 83.4 Å². The molecule has 0 unspecified atom stereocenters. The van der Waals surface area contributed by atoms with Crippen LogP contribution in [0, 0.1) is 11.8 Å². The van der Waals surface area contributed by atoms with Gasteiger partial charge in [-0.15, -0.1) is 0 Å². The lowest BCUT2D eigenvalue weighted by molar-refractivity contribution is -0.217. The summed E-state index contributed by atoms with van der Waals surface area (Å²) in [6.45, 7) is 4.11. The van der Waals surface area contributed by atoms with Gasteiger partial charge in [0.05, 0.1) is 12.7 Å². The van der Waals surface area contributed by atoms with Gasteiger partial charge in [-0.1, -0.05) is 55.1 Å². The summed E-state index contributed by atoms with van der Waals surface area (Å²) in [7, 11) is 0. The number of esters is 1. The number of carbonyl (C=O) groups excluding carboxylic acids is 1. The average Bonchev–Trinajstić information content (AvgIpc) is 3.15. The van der Waals surface area contributed by atoms with Gasteiger partial charge < -0.3 is 14.2 Å². The van der Waals surface area contributed by atoms with Crippen LogP contribution < -0.4 is 0 Å². The SMILES string of the molecule is C=CC(=O)O[C@H]1[C@@H]2OC[C@@H](O2)[C@H]2C3c4ccccc4C(c4ccccc43)[C@@H]12. The van der Waals surface area contributed by atoms with Gasteiger partial charge in [-0.25, -0.2) is 4.79 Å². The Labute approximate surface area is 157 Å². The van der Waals surface area contributed by atoms with Crippen LogP contribution in [-0.4, -0.2) is 31.1 Å². The van der Waals surface area contributed by atoms with E-state index in [0.717, 1.165) is 0 Å². The molecule has 0 N–H and O–H groups in total. The molecule has 2 aliphatic heterocycles. The van der Waals surface area contributed by atoms with Crippen LogP contribution in [0.15, 0.2) is 61.2 Å². The molecule has 7 rings (SSSR count). The largest absolute Gasteiger partial charge is 0.453 e. The maximum absolute atomic E-state index is 12.1. The van der Waals surface area contributed by atoms with Crippen LogP contribution in [-0.2, 0) is 19.0 Å². The molecule has 0 spiro atoms. The molecule has 0 aromatic heterocycles. The molecular weight excluding hydrogens is 340 g/mol. The molecule has 5 aliphatic rings. The Kier molecular flexibility index (Phi) is 3.20. The Balaban J connectivity index is 1.58. The van der Waals surface area contributed by atoms with E-state index in [9.17, 15) is 4.79 Å². The molecule has 0 radical (unpaired) electrons. The zero-order chi connectivity index (χ0) is 18.1. The van der Waals surface area contributed by atoms with Crippen LogP contribution in [0.25, 0.3) is 0 Å². The molecule has 3 aliphatic carbocycles. The molecule has 4 bridgehead atoms. The van der Waals surface area contributed by atoms with Crippen molar-refractivity contribution in [3.63, 3.8) is 0 Å². The molecule has 27 heavy (non-hydrogen) atoms. The van der Waals surface area contributed by atoms with Crippen molar-refractivity contribution in [3.8, 4) is 0 Å². The summed E-state index contributed by atoms with van der Waals surface area (Å²) < 4.78 is 17.9. The molecule has 4 heteroatoms. The van der Waals surface area contributed by atoms with Gasteiger partial charge in [0.2, 0.25) is 0 Å². The highest BCUT2D eigenvalue weighted by Gasteiger charge is 2.62. The van der Waals surface area contributed by atoms with E-state index in [1.165, 1.54) is 28.3 Å². The smallest absolute Gasteiger partial charge is 0.330 e. The van der Waals surface area contributed by atoms with E-state index in [2.05, 4.69) is 55.1 Å². The van der Waals surface area contributed by atoms with Crippen LogP contribution in [0.2, 0.25) is 0 Å². The third-order valence-corrected chi connectivity index (χ3v) is 6.78. The number of benzene rings is 2. The van der Waals surface area contributed by atoms with E-state index in [0.29, 0.717) is 6.61 Å². The van der Waals surface area contributed by atoms with Crippen LogP contribution in [0.5, 0.6) is 0 Å². The summed E-state index contributed by atoms with van der Waals surface area (Å²) in [6.07, 6.45) is 0.346. The van der Waals surface area contributed by atoms with E-state index in [1.807, 2.05) is 0 Å². The lowest BCUT2D eigenvalue weighted by atomic mass is 9.51. The fourth-order valence-electron chi connectivity index (χ4n) is 5.95. The summed E-state index contributed by atoms with van der Waals surface area (Å²) in [5, 5.41) is 0. The van der Waals surface area contributed by atoms with Crippen LogP contribution in [0.3, 0.4) is 0 Å². The summed E-state index contributed by atoms with van der Waals surface area (Å²) in [5.74, 6) is 0.394. The standard InChI is InChI=1S/C23H20O4/c1-2-17(24)27-22-21-19-14-9-5-3-7-12(14)18(13-8-4-6-10-15(13)19)20(21)16-11-25-23(22)26-16/h2-10,16,18-23H,1,11H2/t16-,18?,19?,20+,21-,22-,23-/m1/s1. The van der Waals surface area contributed by atoms with Crippen molar-refractivity contribution in [2.75, 3.05) is 6.61 Å². The topological polar surface area (TPSA) is 44.8 Å². The minimum atomic E-state index is -0.487. The quantitative estimate of drug-likeness (QED) is 0.609. The number of hydrogen-bond donors (Lipinski definition) is 0. The third kappa shape index (κ3) is 1.97. The normalized spacial score (nSPS) is 37.1. The number of ether oxygens (including phenoxy) is 3. The zero-order valence-electron chi connectivity index (χ0n) is 14.8. The van der Waals surface area contributed by atoms with Gasteiger partial charge in [0.25, 0.3) is 0 Å². The van der Waals surface area contributed by atoms with Crippen molar-refractivity contribution in [2.24, 2.45) is 11.8 Å². The van der Waals surface area contributed by atoms with Gasteiger partial charge in [0, 0.05) is 29.7 Å². The molecule has 0 saturated carbocycles. The molecule has 2 aromatic carbocycles. The van der Waals surface area contributed by atoms with E-state index in [4.69, 9.17) is 14.2 Å². The van der Waals surface area contributed by atoms with Crippen LogP contribution >= 0.6 is 0 Å². The molecule has 2 fully saturated rings. The van der Waals surface area contributed by atoms with Crippen LogP contribution in [0.4, 0.5) is 0 Å². The molecule has 4 nitrogen and oxygen atoms in total. The first-order valence-corrected chi connectivity index (χ1v) is 9.55. The highest BCUT2D eigenvalue weighted by molar-refractivity contribution is 5.81. The van der Waals surface area contributed by atoms with Gasteiger partial charge in [0.1, 0.15) is 0 Å². The lowest BCUT2D eigenvalue weighted by Gasteiger charge is -2.55. The van der Waals surface area contributed by atoms with Crippen molar-refractivity contribution < 1.29 is 19.0 Å². The first kappa shape index (κ1) is 15.6. The Morgan fingerprint density at radius 3 is 2.07 bits per heavy atom. The maximum atomic E-state index is 12.1. The summed E-state index contributed by atoms with van der Waals surface area (Å²) in [4.78, 5) is 12.1. The number of fused-ring (bicyclic) bond motifs is 2. The van der Waals surface area contributed by atoms with Gasteiger partial charge in [0.15, 0.2) is 12.4 Å². The van der Waals surface area contributed by atoms with Gasteiger partial charge in [-0.05, 0) is 22.3 Å². The van der Waals surface area contributed by atoms with Gasteiger partial charge in [-0.2, -0.15) is 0 Å². The van der Waals surface area contributed by atoms with E-state index in [1.54, 1.807) is 0 Å². The van der Waals surface area contributed by atoms with Gasteiger partial charge in [-0.3, -0.25) is 0 Å². The Bertz CT molecular complexity index is 903. The van der Waals surface area contributed by atoms with Gasteiger partial charge >= 0.3 is 5.97 Å². The predicted molar refractivity (Wildman–Crippen MR) is 98.2 cm³/mol. The highest BCUT2D eigenvalue weighted by atomic mass is 16.7. The molecule has 0 amide bonds. The fraction of sp³-hybridized carbons (Fsp3) is 0.348. The molecule has 136 valence electrons. The minimum absolute atomic E-state index is 0.0351. The average molecular weight is 360 g/mol. The molecule has 2 saturated heterocycles. The summed E-state index contributed by atoms with van der Waals surface area (Å²) >= 11 is 0. The second-order valence-corrected chi connectivity index (χ2v) is 7.85. The highest BCUT2D eigenvalue weighted by Crippen LogP contribution is 2.63. The lowest BCUT2D eigenvalue weighted by Crippen LogP contribution is -2.57. The first-order chi connectivity index (χ1) is 13.3. The van der Waals surface area contributed by atoms with Crippen molar-refractivity contribution in [1.29, 1.82) is 0 Å². The minimum Gasteiger partial charge on any atom is -0.453 e. The first-order valence-electron chi connectivity index (χ1n) is 9.55. The number of carbonyl (C=O) groups is 1. The zero-order valence-corrected chi connectivity index (χ0v) is 14.8. The fourth-order valence-corrected chi connectivity index (χ4v) is 5.95. The van der Waals surface area contributed by atoms with E-state index in [-0.39, 0.29) is 29.8 Å². The maximum Gasteiger partial charge on any atom is 0.330 e. The van der Waals surface area contributed by atoms with Crippen molar-refractivity contribution in [1.82, 2.24) is 0 Å². The van der Waals surface area contributed by atoms with Crippen molar-refractivity contribution >= 4 is 5.97 Å². The summed E-state index contributed by atoms with van der Waals surface area (Å²) in [5.41, 5.74) is 5.46. The third-order valence-electron chi connectivity index (χ3n) is 6.78. The molecule has 2 heterocycles. The second kappa shape index (κ2) is 5.54. The number of rotatable bonds is 2. The summed E-state index contributed by atoms with van der Waals surface area (Å²) in [6, 6.07) is 17.4. The molecule has 5 atom stereocenters. The molecular formula is C23H20O4. The monoisotopic (exact) mass is 360 g/mol. The Morgan fingerprint density at radius 1 is 0.963 bits per heavy atom. The second-order valence-electron chi connectivity index (χ2n) is 7.85. The number of hydrogen-bond acceptors (Lipinski definition) is 4. The Hall–Kier alpha value is -2.43. The van der Waals surface area contributed by atoms with Crippen molar-refractivity contribution in [2.45, 2.75) is 30.3 Å². The molecule has 2 aromatic rings. The Morgan fingerprint density at radius 2 is 1.52 bits per heavy atom. The van der Waals surface area contributed by atoms with E-state index < -0.39 is 18.4 Å².